The van der Waals surface area contributed by atoms with Crippen LogP contribution in [0.5, 0.6) is 0 Å². The van der Waals surface area contributed by atoms with E-state index in [9.17, 15) is 9.59 Å². The van der Waals surface area contributed by atoms with Crippen LogP contribution in [0.1, 0.15) is 31.8 Å². The summed E-state index contributed by atoms with van der Waals surface area (Å²) in [6.07, 6.45) is 3.67. The molecule has 0 fully saturated rings. The van der Waals surface area contributed by atoms with Crippen molar-refractivity contribution in [2.45, 2.75) is 0 Å². The van der Waals surface area contributed by atoms with Crippen LogP contribution in [0.25, 0.3) is 5.69 Å². The topological polar surface area (TPSA) is 64.0 Å². The van der Waals surface area contributed by atoms with Crippen LogP contribution in [0.2, 0.25) is 0 Å². The maximum absolute atomic E-state index is 13.0. The molecular weight excluding hydrogens is 324 g/mol. The number of hydrogen-bond acceptors (Lipinski definition) is 3. The number of ketones is 2. The van der Waals surface area contributed by atoms with E-state index in [0.717, 1.165) is 0 Å². The lowest BCUT2D eigenvalue weighted by Gasteiger charge is -2.19. The van der Waals surface area contributed by atoms with Crippen LogP contribution in [-0.4, -0.2) is 11.6 Å². The largest absolute Gasteiger partial charge is 1.00 e. The third-order valence-corrected chi connectivity index (χ3v) is 4.08. The van der Waals surface area contributed by atoms with Crippen molar-refractivity contribution >= 4 is 17.3 Å². The van der Waals surface area contributed by atoms with Gasteiger partial charge in [-0.05, 0) is 6.07 Å². The number of anilines is 1. The molecule has 0 amide bonds. The summed E-state index contributed by atoms with van der Waals surface area (Å²) in [5, 5.41) is 0. The van der Waals surface area contributed by atoms with Gasteiger partial charge in [0, 0.05) is 35.0 Å². The Labute approximate surface area is 145 Å². The van der Waals surface area contributed by atoms with Crippen LogP contribution in [0, 0.1) is 0 Å². The number of carbonyl (C=O) groups is 2. The minimum atomic E-state index is -0.203. The maximum Gasteiger partial charge on any atom is 0.222 e. The first-order valence-corrected chi connectivity index (χ1v) is 7.26. The second kappa shape index (κ2) is 5.91. The fourth-order valence-electron chi connectivity index (χ4n) is 3.01. The van der Waals surface area contributed by atoms with Crippen molar-refractivity contribution in [3.8, 4) is 5.69 Å². The minimum Gasteiger partial charge on any atom is -1.00 e. The standard InChI is InChI=1S/C19H12N2O2.ClH/c20-14-8-9-15(21-10-4-1-5-11-21)17-16(14)18(22)12-6-2-3-7-13(12)19(17)23;/h1-11H,(H-,20,22);1H. The lowest BCUT2D eigenvalue weighted by Crippen LogP contribution is -3.00. The average molecular weight is 337 g/mol. The number of rotatable bonds is 1. The zero-order valence-corrected chi connectivity index (χ0v) is 13.3. The third-order valence-electron chi connectivity index (χ3n) is 4.08. The van der Waals surface area contributed by atoms with Crippen LogP contribution in [0.15, 0.2) is 67.0 Å². The summed E-state index contributed by atoms with van der Waals surface area (Å²) in [4.78, 5) is 25.8. The zero-order chi connectivity index (χ0) is 16.0. The summed E-state index contributed by atoms with van der Waals surface area (Å²) in [5.74, 6) is -0.375. The maximum atomic E-state index is 13.0. The first-order valence-electron chi connectivity index (χ1n) is 7.26. The Kier molecular flexibility index (Phi) is 3.91. The second-order valence-electron chi connectivity index (χ2n) is 5.41. The van der Waals surface area contributed by atoms with Gasteiger partial charge in [-0.15, -0.1) is 0 Å². The van der Waals surface area contributed by atoms with E-state index in [1.165, 1.54) is 0 Å². The normalized spacial score (nSPS) is 12.2. The van der Waals surface area contributed by atoms with Crippen LogP contribution in [-0.2, 0) is 0 Å². The smallest absolute Gasteiger partial charge is 0.222 e. The minimum absolute atomic E-state index is 0. The molecule has 0 atom stereocenters. The fraction of sp³-hybridized carbons (Fsp3) is 0. The van der Waals surface area contributed by atoms with E-state index in [-0.39, 0.29) is 24.0 Å². The Hall–Kier alpha value is -2.98. The van der Waals surface area contributed by atoms with Crippen LogP contribution in [0.4, 0.5) is 5.69 Å². The van der Waals surface area contributed by atoms with E-state index in [1.807, 2.05) is 35.2 Å². The number of halogens is 1. The quantitative estimate of drug-likeness (QED) is 0.370. The molecule has 1 aliphatic rings. The van der Waals surface area contributed by atoms with Crippen molar-refractivity contribution < 1.29 is 26.6 Å². The number of fused-ring (bicyclic) bond motifs is 2. The molecule has 3 aromatic rings. The molecule has 0 spiro atoms. The summed E-state index contributed by atoms with van der Waals surface area (Å²) < 4.78 is 1.82. The molecule has 0 aliphatic heterocycles. The SMILES string of the molecule is Nc1ccc(-[n+]2ccccc2)c2c1C(=O)c1ccccc1C2=O.[Cl-]. The Bertz CT molecular complexity index is 968. The Morgan fingerprint density at radius 1 is 0.708 bits per heavy atom. The number of nitrogen functional groups attached to an aromatic ring is 1. The van der Waals surface area contributed by atoms with Crippen molar-refractivity contribution in [3.05, 3.63) is 89.2 Å². The molecule has 1 aliphatic carbocycles. The average Bonchev–Trinajstić information content (AvgIpc) is 2.60. The van der Waals surface area contributed by atoms with Gasteiger partial charge >= 0.3 is 0 Å². The molecule has 1 heterocycles. The van der Waals surface area contributed by atoms with Crippen molar-refractivity contribution in [2.75, 3.05) is 5.73 Å². The summed E-state index contributed by atoms with van der Waals surface area (Å²) >= 11 is 0. The molecule has 0 radical (unpaired) electrons. The van der Waals surface area contributed by atoms with Crippen molar-refractivity contribution in [3.63, 3.8) is 0 Å². The van der Waals surface area contributed by atoms with Gasteiger partial charge in [-0.3, -0.25) is 9.59 Å². The lowest BCUT2D eigenvalue weighted by atomic mass is 9.82. The highest BCUT2D eigenvalue weighted by atomic mass is 35.5. The van der Waals surface area contributed by atoms with Gasteiger partial charge < -0.3 is 18.1 Å². The molecule has 2 aromatic carbocycles. The van der Waals surface area contributed by atoms with Crippen molar-refractivity contribution in [2.24, 2.45) is 0 Å². The number of carbonyl (C=O) groups excluding carboxylic acids is 2. The molecule has 2 N–H and O–H groups in total. The summed E-state index contributed by atoms with van der Waals surface area (Å²) in [5.41, 5.74) is 8.49. The van der Waals surface area contributed by atoms with E-state index >= 15 is 0 Å². The molecule has 1 aromatic heterocycles. The van der Waals surface area contributed by atoms with Crippen LogP contribution in [0.3, 0.4) is 0 Å². The number of nitrogens with two attached hydrogens (primary N) is 1. The molecule has 24 heavy (non-hydrogen) atoms. The summed E-state index contributed by atoms with van der Waals surface area (Å²) in [6, 6.07) is 15.9. The van der Waals surface area contributed by atoms with Gasteiger partial charge in [0.05, 0.1) is 5.56 Å². The first kappa shape index (κ1) is 15.9. The number of nitrogens with zero attached hydrogens (tertiary/aromatic N) is 1. The third kappa shape index (κ3) is 2.20. The molecule has 5 heteroatoms. The molecule has 0 bridgehead atoms. The van der Waals surface area contributed by atoms with E-state index in [2.05, 4.69) is 0 Å². The van der Waals surface area contributed by atoms with E-state index in [1.54, 1.807) is 36.4 Å². The highest BCUT2D eigenvalue weighted by Crippen LogP contribution is 2.32. The number of pyridine rings is 1. The zero-order valence-electron chi connectivity index (χ0n) is 12.6. The summed E-state index contributed by atoms with van der Waals surface area (Å²) in [6.45, 7) is 0. The van der Waals surface area contributed by atoms with Gasteiger partial charge in [0.15, 0.2) is 18.2 Å². The Morgan fingerprint density at radius 2 is 1.29 bits per heavy atom. The number of aromatic nitrogens is 1. The predicted octanol–water partition coefficient (Wildman–Crippen LogP) is -0.675. The highest BCUT2D eigenvalue weighted by molar-refractivity contribution is 6.31. The number of benzene rings is 2. The van der Waals surface area contributed by atoms with Gasteiger partial charge in [-0.25, -0.2) is 0 Å². The Morgan fingerprint density at radius 3 is 1.92 bits per heavy atom. The molecule has 4 nitrogen and oxygen atoms in total. The van der Waals surface area contributed by atoms with Crippen LogP contribution >= 0.6 is 0 Å². The summed E-state index contributed by atoms with van der Waals surface area (Å²) in [7, 11) is 0. The monoisotopic (exact) mass is 336 g/mol. The van der Waals surface area contributed by atoms with Gasteiger partial charge in [0.1, 0.15) is 5.56 Å². The van der Waals surface area contributed by atoms with Gasteiger partial charge in [0.2, 0.25) is 11.5 Å². The van der Waals surface area contributed by atoms with Gasteiger partial charge in [-0.2, -0.15) is 4.57 Å². The molecule has 0 unspecified atom stereocenters. The molecular formula is C19H13ClN2O2. The predicted molar refractivity (Wildman–Crippen MR) is 85.7 cm³/mol. The number of hydrogen-bond donors (Lipinski definition) is 1. The van der Waals surface area contributed by atoms with Gasteiger partial charge in [0.25, 0.3) is 0 Å². The first-order chi connectivity index (χ1) is 11.2. The second-order valence-corrected chi connectivity index (χ2v) is 5.41. The highest BCUT2D eigenvalue weighted by Gasteiger charge is 2.35. The molecule has 0 saturated carbocycles. The van der Waals surface area contributed by atoms with E-state index < -0.39 is 0 Å². The molecule has 0 saturated heterocycles. The Balaban J connectivity index is 0.00000169. The van der Waals surface area contributed by atoms with E-state index in [0.29, 0.717) is 33.6 Å². The molecule has 118 valence electrons. The fourth-order valence-corrected chi connectivity index (χ4v) is 3.01. The van der Waals surface area contributed by atoms with Crippen molar-refractivity contribution in [1.29, 1.82) is 0 Å². The lowest BCUT2D eigenvalue weighted by molar-refractivity contribution is -0.595. The molecule has 4 rings (SSSR count). The van der Waals surface area contributed by atoms with Crippen molar-refractivity contribution in [1.82, 2.24) is 0 Å². The van der Waals surface area contributed by atoms with E-state index in [4.69, 9.17) is 5.73 Å². The van der Waals surface area contributed by atoms with Crippen LogP contribution < -0.4 is 22.7 Å². The van der Waals surface area contributed by atoms with Gasteiger partial charge in [-0.1, -0.05) is 30.3 Å².